The van der Waals surface area contributed by atoms with E-state index in [1.54, 1.807) is 24.1 Å². The first-order chi connectivity index (χ1) is 12.5. The SMILES string of the molecule is CCc1nc(CN(C)Cc2ccc(C(=O)Nc3cnn(C)c3)cc2)no1. The molecular formula is C18H22N6O2. The molecule has 0 bridgehead atoms. The summed E-state index contributed by atoms with van der Waals surface area (Å²) in [7, 11) is 3.80. The highest BCUT2D eigenvalue weighted by molar-refractivity contribution is 6.04. The summed E-state index contributed by atoms with van der Waals surface area (Å²) < 4.78 is 6.76. The number of carbonyl (C=O) groups is 1. The normalized spacial score (nSPS) is 11.1. The molecule has 0 saturated carbocycles. The molecule has 0 aliphatic rings. The predicted molar refractivity (Wildman–Crippen MR) is 96.5 cm³/mol. The van der Waals surface area contributed by atoms with Crippen LogP contribution in [0, 0.1) is 0 Å². The smallest absolute Gasteiger partial charge is 0.255 e. The van der Waals surface area contributed by atoms with Crippen LogP contribution in [0.4, 0.5) is 5.69 Å². The Hall–Kier alpha value is -3.00. The van der Waals surface area contributed by atoms with E-state index in [9.17, 15) is 4.79 Å². The van der Waals surface area contributed by atoms with Crippen LogP contribution < -0.4 is 5.32 Å². The van der Waals surface area contributed by atoms with Crippen molar-refractivity contribution in [1.82, 2.24) is 24.8 Å². The lowest BCUT2D eigenvalue weighted by Gasteiger charge is -2.14. The predicted octanol–water partition coefficient (Wildman–Crippen LogP) is 2.25. The first-order valence-electron chi connectivity index (χ1n) is 8.42. The van der Waals surface area contributed by atoms with Crippen molar-refractivity contribution in [3.8, 4) is 0 Å². The monoisotopic (exact) mass is 354 g/mol. The lowest BCUT2D eigenvalue weighted by molar-refractivity contribution is 0.102. The summed E-state index contributed by atoms with van der Waals surface area (Å²) in [6.45, 7) is 3.31. The fraction of sp³-hybridized carbons (Fsp3) is 0.333. The van der Waals surface area contributed by atoms with E-state index in [4.69, 9.17) is 4.52 Å². The molecule has 0 aliphatic heterocycles. The van der Waals surface area contributed by atoms with E-state index >= 15 is 0 Å². The standard InChI is InChI=1S/C18H22N6O2/c1-4-17-21-16(22-26-17)12-23(2)10-13-5-7-14(8-6-13)18(25)20-15-9-19-24(3)11-15/h5-9,11H,4,10,12H2,1-3H3,(H,20,25). The Morgan fingerprint density at radius 1 is 1.27 bits per heavy atom. The van der Waals surface area contributed by atoms with E-state index in [1.165, 1.54) is 0 Å². The summed E-state index contributed by atoms with van der Waals surface area (Å²) in [6.07, 6.45) is 4.10. The average molecular weight is 354 g/mol. The lowest BCUT2D eigenvalue weighted by Crippen LogP contribution is -2.18. The molecule has 1 N–H and O–H groups in total. The van der Waals surface area contributed by atoms with Gasteiger partial charge in [-0.3, -0.25) is 14.4 Å². The maximum Gasteiger partial charge on any atom is 0.255 e. The molecule has 0 aliphatic carbocycles. The van der Waals surface area contributed by atoms with Crippen molar-refractivity contribution in [2.75, 3.05) is 12.4 Å². The number of carbonyl (C=O) groups excluding carboxylic acids is 1. The average Bonchev–Trinajstić information content (AvgIpc) is 3.24. The molecule has 3 aromatic rings. The van der Waals surface area contributed by atoms with Crippen LogP contribution in [0.25, 0.3) is 0 Å². The van der Waals surface area contributed by atoms with Crippen LogP contribution >= 0.6 is 0 Å². The molecule has 0 radical (unpaired) electrons. The number of benzene rings is 1. The highest BCUT2D eigenvalue weighted by atomic mass is 16.5. The maximum atomic E-state index is 12.2. The van der Waals surface area contributed by atoms with E-state index in [-0.39, 0.29) is 5.91 Å². The van der Waals surface area contributed by atoms with E-state index < -0.39 is 0 Å². The minimum absolute atomic E-state index is 0.156. The molecule has 8 nitrogen and oxygen atoms in total. The van der Waals surface area contributed by atoms with Crippen LogP contribution in [0.5, 0.6) is 0 Å². The summed E-state index contributed by atoms with van der Waals surface area (Å²) in [4.78, 5) is 18.6. The van der Waals surface area contributed by atoms with Gasteiger partial charge in [-0.15, -0.1) is 0 Å². The molecule has 136 valence electrons. The van der Waals surface area contributed by atoms with Crippen molar-refractivity contribution in [2.45, 2.75) is 26.4 Å². The topological polar surface area (TPSA) is 89.1 Å². The lowest BCUT2D eigenvalue weighted by atomic mass is 10.1. The van der Waals surface area contributed by atoms with E-state index in [0.717, 1.165) is 18.5 Å². The second-order valence-electron chi connectivity index (χ2n) is 6.18. The van der Waals surface area contributed by atoms with Crippen molar-refractivity contribution in [2.24, 2.45) is 7.05 Å². The fourth-order valence-corrected chi connectivity index (χ4v) is 2.56. The van der Waals surface area contributed by atoms with Gasteiger partial charge in [-0.2, -0.15) is 10.1 Å². The molecule has 2 aromatic heterocycles. The summed E-state index contributed by atoms with van der Waals surface area (Å²) >= 11 is 0. The van der Waals surface area contributed by atoms with Gasteiger partial charge in [0.05, 0.1) is 18.4 Å². The third-order valence-corrected chi connectivity index (χ3v) is 3.86. The summed E-state index contributed by atoms with van der Waals surface area (Å²) in [6, 6.07) is 7.53. The molecule has 0 unspecified atom stereocenters. The number of rotatable bonds is 7. The van der Waals surface area contributed by atoms with Crippen LogP contribution in [0.15, 0.2) is 41.2 Å². The number of amides is 1. The molecule has 1 aromatic carbocycles. The van der Waals surface area contributed by atoms with Gasteiger partial charge < -0.3 is 9.84 Å². The van der Waals surface area contributed by atoms with Gasteiger partial charge >= 0.3 is 0 Å². The highest BCUT2D eigenvalue weighted by Gasteiger charge is 2.10. The third-order valence-electron chi connectivity index (χ3n) is 3.86. The third kappa shape index (κ3) is 4.54. The van der Waals surface area contributed by atoms with E-state index in [1.807, 2.05) is 38.2 Å². The number of nitrogens with one attached hydrogen (secondary N) is 1. The fourth-order valence-electron chi connectivity index (χ4n) is 2.56. The molecule has 0 fully saturated rings. The molecule has 2 heterocycles. The van der Waals surface area contributed by atoms with E-state index in [0.29, 0.717) is 29.5 Å². The number of nitrogens with zero attached hydrogens (tertiary/aromatic N) is 5. The number of hydrogen-bond acceptors (Lipinski definition) is 6. The summed E-state index contributed by atoms with van der Waals surface area (Å²) in [5.74, 6) is 1.17. The van der Waals surface area contributed by atoms with Crippen LogP contribution in [0.2, 0.25) is 0 Å². The van der Waals surface area contributed by atoms with Crippen LogP contribution in [-0.2, 0) is 26.6 Å². The molecule has 26 heavy (non-hydrogen) atoms. The number of anilines is 1. The van der Waals surface area contributed by atoms with Crippen molar-refractivity contribution in [3.05, 3.63) is 59.5 Å². The number of aromatic nitrogens is 4. The van der Waals surface area contributed by atoms with Crippen LogP contribution in [-0.4, -0.2) is 37.8 Å². The zero-order valence-corrected chi connectivity index (χ0v) is 15.1. The van der Waals surface area contributed by atoms with Gasteiger partial charge in [0.1, 0.15) is 0 Å². The van der Waals surface area contributed by atoms with Crippen LogP contribution in [0.3, 0.4) is 0 Å². The Kier molecular flexibility index (Phi) is 5.43. The summed E-state index contributed by atoms with van der Waals surface area (Å²) in [5.41, 5.74) is 2.38. The molecule has 0 spiro atoms. The van der Waals surface area contributed by atoms with Gasteiger partial charge in [-0.25, -0.2) is 0 Å². The maximum absolute atomic E-state index is 12.2. The Balaban J connectivity index is 1.55. The Morgan fingerprint density at radius 3 is 2.65 bits per heavy atom. The van der Waals surface area contributed by atoms with Crippen LogP contribution in [0.1, 0.15) is 34.6 Å². The first-order valence-corrected chi connectivity index (χ1v) is 8.42. The molecule has 8 heteroatoms. The highest BCUT2D eigenvalue weighted by Crippen LogP contribution is 2.11. The van der Waals surface area contributed by atoms with Gasteiger partial charge in [-0.05, 0) is 24.7 Å². The van der Waals surface area contributed by atoms with Gasteiger partial charge in [-0.1, -0.05) is 24.2 Å². The number of aryl methyl sites for hydroxylation is 2. The second kappa shape index (κ2) is 7.92. The van der Waals surface area contributed by atoms with Gasteiger partial charge in [0.2, 0.25) is 5.89 Å². The largest absolute Gasteiger partial charge is 0.339 e. The summed E-state index contributed by atoms with van der Waals surface area (Å²) in [5, 5.41) is 10.8. The minimum Gasteiger partial charge on any atom is -0.339 e. The van der Waals surface area contributed by atoms with Gasteiger partial charge in [0.15, 0.2) is 5.82 Å². The molecule has 3 rings (SSSR count). The molecule has 0 saturated heterocycles. The Morgan fingerprint density at radius 2 is 2.04 bits per heavy atom. The van der Waals surface area contributed by atoms with Gasteiger partial charge in [0, 0.05) is 31.8 Å². The van der Waals surface area contributed by atoms with Crippen molar-refractivity contribution in [1.29, 1.82) is 0 Å². The minimum atomic E-state index is -0.156. The first kappa shape index (κ1) is 17.8. The van der Waals surface area contributed by atoms with Crippen molar-refractivity contribution >= 4 is 11.6 Å². The zero-order valence-electron chi connectivity index (χ0n) is 15.1. The number of hydrogen-bond donors (Lipinski definition) is 1. The zero-order chi connectivity index (χ0) is 18.5. The van der Waals surface area contributed by atoms with E-state index in [2.05, 4.69) is 25.5 Å². The molecule has 0 atom stereocenters. The molecule has 1 amide bonds. The Labute approximate surface area is 151 Å². The Bertz CT molecular complexity index is 868. The van der Waals surface area contributed by atoms with Crippen molar-refractivity contribution in [3.63, 3.8) is 0 Å². The molecular weight excluding hydrogens is 332 g/mol. The second-order valence-corrected chi connectivity index (χ2v) is 6.18. The van der Waals surface area contributed by atoms with Crippen molar-refractivity contribution < 1.29 is 9.32 Å². The van der Waals surface area contributed by atoms with Gasteiger partial charge in [0.25, 0.3) is 5.91 Å². The quantitative estimate of drug-likeness (QED) is 0.700.